The third-order valence-electron chi connectivity index (χ3n) is 15.7. The Morgan fingerprint density at radius 1 is 0.712 bits per heavy atom. The molecule has 3 aromatic carbocycles. The highest BCUT2D eigenvalue weighted by atomic mass is 32.2. The highest BCUT2D eigenvalue weighted by Crippen LogP contribution is 2.53. The van der Waals surface area contributed by atoms with Crippen molar-refractivity contribution in [3.05, 3.63) is 124 Å². The number of nitrogens with one attached hydrogen (secondary N) is 5. The van der Waals surface area contributed by atoms with Crippen molar-refractivity contribution in [1.29, 1.82) is 0 Å². The van der Waals surface area contributed by atoms with E-state index < -0.39 is 50.1 Å². The number of amides is 7. The SMILES string of the molecule is CC(O)(CCS(=O)(=O)NC(C)(C)C(=O)N1CCC(c2ccc(NC(=O)N3Cc4cc(F)cnc4C3)cc2)CC1)CNC(=O)C(=O)NC12CCC(c3ccc(NC(=O)N4Cc5ccc(F)cc5C4)cc3)(CC1)CC2. The Kier molecular flexibility index (Phi) is 14.1. The van der Waals surface area contributed by atoms with Crippen molar-refractivity contribution in [2.75, 3.05) is 36.0 Å². The van der Waals surface area contributed by atoms with Crippen molar-refractivity contribution in [3.63, 3.8) is 0 Å². The second-order valence-corrected chi connectivity index (χ2v) is 23.3. The van der Waals surface area contributed by atoms with Crippen LogP contribution in [-0.4, -0.2) is 105 Å². The number of hydrogen-bond donors (Lipinski definition) is 6. The molecule has 1 unspecified atom stereocenters. The molecule has 17 nitrogen and oxygen atoms in total. The molecule has 1 aromatic heterocycles. The molecule has 1 atom stereocenters. The van der Waals surface area contributed by atoms with Gasteiger partial charge in [-0.15, -0.1) is 0 Å². The number of urea groups is 2. The fraction of sp³-hybridized carbons (Fsp3) is 0.472. The Morgan fingerprint density at radius 3 is 1.93 bits per heavy atom. The number of aromatic nitrogens is 1. The summed E-state index contributed by atoms with van der Waals surface area (Å²) in [6.07, 6.45) is 6.53. The van der Waals surface area contributed by atoms with Crippen LogP contribution in [0.2, 0.25) is 0 Å². The van der Waals surface area contributed by atoms with E-state index in [1.165, 1.54) is 39.0 Å². The third-order valence-corrected chi connectivity index (χ3v) is 17.2. The summed E-state index contributed by atoms with van der Waals surface area (Å²) in [7, 11) is -4.10. The molecule has 73 heavy (non-hydrogen) atoms. The number of likely N-dealkylation sites (tertiary alicyclic amines) is 1. The summed E-state index contributed by atoms with van der Waals surface area (Å²) >= 11 is 0. The lowest BCUT2D eigenvalue weighted by molar-refractivity contribution is -0.141. The average molecular weight is 1020 g/mol. The normalized spacial score (nSPS) is 21.5. The monoisotopic (exact) mass is 1020 g/mol. The summed E-state index contributed by atoms with van der Waals surface area (Å²) < 4.78 is 56.4. The van der Waals surface area contributed by atoms with Crippen LogP contribution in [0.4, 0.5) is 29.7 Å². The van der Waals surface area contributed by atoms with Gasteiger partial charge in [-0.3, -0.25) is 19.4 Å². The molecule has 4 heterocycles. The molecule has 4 fully saturated rings. The van der Waals surface area contributed by atoms with Crippen LogP contribution in [0, 0.1) is 11.6 Å². The van der Waals surface area contributed by atoms with Gasteiger partial charge in [0.15, 0.2) is 0 Å². The number of pyridine rings is 1. The lowest BCUT2D eigenvalue weighted by Crippen LogP contribution is -2.60. The van der Waals surface area contributed by atoms with E-state index in [4.69, 9.17) is 0 Å². The molecule has 3 saturated carbocycles. The van der Waals surface area contributed by atoms with E-state index in [1.807, 2.05) is 48.5 Å². The van der Waals surface area contributed by atoms with E-state index in [0.717, 1.165) is 47.7 Å². The predicted octanol–water partition coefficient (Wildman–Crippen LogP) is 6.28. The molecule has 4 aromatic rings. The highest BCUT2D eigenvalue weighted by Gasteiger charge is 2.50. The van der Waals surface area contributed by atoms with Crippen LogP contribution < -0.4 is 26.0 Å². The van der Waals surface area contributed by atoms with Crippen LogP contribution in [0.25, 0.3) is 0 Å². The summed E-state index contributed by atoms with van der Waals surface area (Å²) in [5, 5.41) is 22.4. The van der Waals surface area contributed by atoms with Crippen LogP contribution in [0.3, 0.4) is 0 Å². The quantitative estimate of drug-likeness (QED) is 0.0829. The first-order chi connectivity index (χ1) is 34.6. The van der Waals surface area contributed by atoms with Crippen molar-refractivity contribution in [2.24, 2.45) is 0 Å². The van der Waals surface area contributed by atoms with Crippen LogP contribution >= 0.6 is 0 Å². The van der Waals surface area contributed by atoms with Crippen molar-refractivity contribution in [3.8, 4) is 0 Å². The van der Waals surface area contributed by atoms with E-state index in [1.54, 1.807) is 20.8 Å². The van der Waals surface area contributed by atoms with Gasteiger partial charge < -0.3 is 41.1 Å². The summed E-state index contributed by atoms with van der Waals surface area (Å²) in [6, 6.07) is 20.7. The van der Waals surface area contributed by atoms with Gasteiger partial charge in [0, 0.05) is 56.2 Å². The summed E-state index contributed by atoms with van der Waals surface area (Å²) in [4.78, 5) is 74.8. The molecule has 2 bridgehead atoms. The molecular weight excluding hydrogens is 961 g/mol. The smallest absolute Gasteiger partial charge is 0.322 e. The Bertz CT molecular complexity index is 2890. The molecule has 3 aliphatic heterocycles. The number of anilines is 2. The van der Waals surface area contributed by atoms with Gasteiger partial charge in [0.05, 0.1) is 29.8 Å². The van der Waals surface area contributed by atoms with Gasteiger partial charge >= 0.3 is 23.9 Å². The van der Waals surface area contributed by atoms with Crippen molar-refractivity contribution >= 4 is 51.2 Å². The first-order valence-electron chi connectivity index (χ1n) is 24.9. The summed E-state index contributed by atoms with van der Waals surface area (Å²) in [5.41, 5.74) is 2.70. The number of carbonyl (C=O) groups is 5. The Balaban J connectivity index is 0.673. The molecule has 6 aliphatic rings. The molecule has 6 N–H and O–H groups in total. The summed E-state index contributed by atoms with van der Waals surface area (Å²) in [5.74, 6) is -3.31. The molecule has 7 amide bonds. The number of nitrogens with zero attached hydrogens (tertiary/aromatic N) is 4. The topological polar surface area (TPSA) is 222 Å². The molecule has 3 aliphatic carbocycles. The van der Waals surface area contributed by atoms with Gasteiger partial charge in [0.1, 0.15) is 17.2 Å². The first-order valence-corrected chi connectivity index (χ1v) is 26.6. The third kappa shape index (κ3) is 11.7. The van der Waals surface area contributed by atoms with Crippen molar-refractivity contribution < 1.29 is 46.3 Å². The standard InChI is InChI=1S/C53H63F2N9O8S/c1-50(2,47(67)62-23-14-35(15-24-62)34-5-10-42(11-6-34)58-49(69)64-31-38-27-41(55)28-56-44(38)32-64)61-73(71,72)25-22-51(3,70)33-57-45(65)46(66)60-53-19-16-52(17-20-53,18-21-53)39-7-12-43(13-8-39)59-48(68)63-29-36-4-9-40(54)26-37(36)30-63/h4-13,26-28,35,61,70H,14-25,29-33H2,1-3H3,(H,57,65)(H,58,69)(H,59,68)(H,60,66). The predicted molar refractivity (Wildman–Crippen MR) is 268 cm³/mol. The highest BCUT2D eigenvalue weighted by molar-refractivity contribution is 7.89. The van der Waals surface area contributed by atoms with Crippen molar-refractivity contribution in [2.45, 2.75) is 133 Å². The fourth-order valence-corrected chi connectivity index (χ4v) is 12.9. The van der Waals surface area contributed by atoms with E-state index in [-0.39, 0.29) is 54.6 Å². The van der Waals surface area contributed by atoms with Crippen LogP contribution in [0.15, 0.2) is 79.0 Å². The largest absolute Gasteiger partial charge is 0.388 e. The zero-order valence-electron chi connectivity index (χ0n) is 41.4. The Morgan fingerprint density at radius 2 is 1.29 bits per heavy atom. The minimum Gasteiger partial charge on any atom is -0.388 e. The maximum atomic E-state index is 13.7. The lowest BCUT2D eigenvalue weighted by Gasteiger charge is -2.54. The number of aliphatic hydroxyl groups is 1. The second kappa shape index (κ2) is 20.1. The molecular formula is C53H63F2N9O8S. The number of halogens is 2. The number of benzene rings is 3. The Labute approximate surface area is 423 Å². The van der Waals surface area contributed by atoms with E-state index in [2.05, 4.69) is 31.0 Å². The van der Waals surface area contributed by atoms with Gasteiger partial charge in [-0.2, -0.15) is 0 Å². The lowest BCUT2D eigenvalue weighted by atomic mass is 9.55. The number of carbonyl (C=O) groups excluding carboxylic acids is 5. The number of fused-ring (bicyclic) bond motifs is 5. The van der Waals surface area contributed by atoms with Crippen LogP contribution in [-0.2, 0) is 56.0 Å². The molecule has 10 rings (SSSR count). The zero-order chi connectivity index (χ0) is 51.9. The maximum absolute atomic E-state index is 13.7. The molecule has 0 radical (unpaired) electrons. The van der Waals surface area contributed by atoms with Gasteiger partial charge in [-0.1, -0.05) is 30.3 Å². The molecule has 388 valence electrons. The average Bonchev–Trinajstić information content (AvgIpc) is 4.00. The molecule has 1 saturated heterocycles. The van der Waals surface area contributed by atoms with Gasteiger partial charge in [-0.25, -0.2) is 31.5 Å². The number of rotatable bonds is 13. The maximum Gasteiger partial charge on any atom is 0.322 e. The van der Waals surface area contributed by atoms with Gasteiger partial charge in [-0.05, 0) is 160 Å². The number of piperidine rings is 1. The minimum absolute atomic E-state index is 0.0985. The first kappa shape index (κ1) is 51.4. The summed E-state index contributed by atoms with van der Waals surface area (Å²) in [6.45, 7) is 6.12. The Hall–Kier alpha value is -6.51. The van der Waals surface area contributed by atoms with Crippen LogP contribution in [0.5, 0.6) is 0 Å². The van der Waals surface area contributed by atoms with E-state index >= 15 is 0 Å². The van der Waals surface area contributed by atoms with E-state index in [0.29, 0.717) is 87.5 Å². The van der Waals surface area contributed by atoms with E-state index in [9.17, 15) is 46.3 Å². The fourth-order valence-electron chi connectivity index (χ4n) is 11.2. The number of sulfonamides is 1. The van der Waals surface area contributed by atoms with Crippen molar-refractivity contribution in [1.82, 2.24) is 35.0 Å². The molecule has 20 heteroatoms. The second-order valence-electron chi connectivity index (χ2n) is 21.5. The molecule has 0 spiro atoms. The van der Waals surface area contributed by atoms with Crippen LogP contribution in [0.1, 0.15) is 118 Å². The van der Waals surface area contributed by atoms with Gasteiger partial charge in [0.2, 0.25) is 15.9 Å². The minimum atomic E-state index is -4.10. The van der Waals surface area contributed by atoms with Gasteiger partial charge in [0.25, 0.3) is 0 Å². The zero-order valence-corrected chi connectivity index (χ0v) is 42.2. The number of hydrogen-bond acceptors (Lipinski definition) is 9.